The number of anilines is 1. The molecule has 3 aliphatic rings. The number of nitrogens with zero attached hydrogens (tertiary/aromatic N) is 3. The van der Waals surface area contributed by atoms with Crippen LogP contribution in [0.1, 0.15) is 35.2 Å². The van der Waals surface area contributed by atoms with Crippen LogP contribution >= 0.6 is 0 Å². The Morgan fingerprint density at radius 3 is 2.29 bits per heavy atom. The molecule has 3 aliphatic heterocycles. The van der Waals surface area contributed by atoms with Gasteiger partial charge in [0.1, 0.15) is 0 Å². The zero-order valence-electron chi connectivity index (χ0n) is 17.8. The smallest absolute Gasteiger partial charge is 0.254 e. The zero-order valence-corrected chi connectivity index (χ0v) is 17.8. The van der Waals surface area contributed by atoms with Crippen LogP contribution in [-0.4, -0.2) is 66.5 Å². The van der Waals surface area contributed by atoms with Crippen molar-refractivity contribution in [1.82, 2.24) is 9.80 Å². The number of carbonyl (C=O) groups excluding carboxylic acids is 2. The number of ether oxygens (including phenoxy) is 1. The van der Waals surface area contributed by atoms with Gasteiger partial charge < -0.3 is 19.4 Å². The van der Waals surface area contributed by atoms with Crippen molar-refractivity contribution >= 4 is 17.5 Å². The first-order chi connectivity index (χ1) is 15.2. The van der Waals surface area contributed by atoms with Crippen LogP contribution in [0, 0.1) is 0 Å². The summed E-state index contributed by atoms with van der Waals surface area (Å²) >= 11 is 0. The second kappa shape index (κ2) is 8.35. The van der Waals surface area contributed by atoms with E-state index in [1.54, 1.807) is 0 Å². The summed E-state index contributed by atoms with van der Waals surface area (Å²) in [5, 5.41) is 0. The lowest BCUT2D eigenvalue weighted by Crippen LogP contribution is -2.56. The van der Waals surface area contributed by atoms with Crippen molar-refractivity contribution in [3.63, 3.8) is 0 Å². The minimum Gasteiger partial charge on any atom is -0.381 e. The van der Waals surface area contributed by atoms with Gasteiger partial charge in [-0.3, -0.25) is 9.59 Å². The van der Waals surface area contributed by atoms with Gasteiger partial charge in [-0.25, -0.2) is 0 Å². The van der Waals surface area contributed by atoms with Crippen molar-refractivity contribution in [2.75, 3.05) is 44.3 Å². The summed E-state index contributed by atoms with van der Waals surface area (Å²) in [6.45, 7) is 4.87. The summed E-state index contributed by atoms with van der Waals surface area (Å²) in [5.41, 5.74) is 2.58. The Bertz CT molecular complexity index is 947. The number of carbonyl (C=O) groups is 2. The molecule has 162 valence electrons. The van der Waals surface area contributed by atoms with E-state index in [0.29, 0.717) is 52.1 Å². The Morgan fingerprint density at radius 1 is 0.903 bits per heavy atom. The summed E-state index contributed by atoms with van der Waals surface area (Å²) in [7, 11) is 0. The third-order valence-corrected chi connectivity index (χ3v) is 7.05. The van der Waals surface area contributed by atoms with Gasteiger partial charge in [-0.2, -0.15) is 0 Å². The lowest BCUT2D eigenvalue weighted by Gasteiger charge is -2.45. The number of hydrogen-bond acceptors (Lipinski definition) is 4. The number of amides is 2. The van der Waals surface area contributed by atoms with E-state index >= 15 is 0 Å². The van der Waals surface area contributed by atoms with Gasteiger partial charge in [0, 0.05) is 57.2 Å². The van der Waals surface area contributed by atoms with Crippen molar-refractivity contribution in [3.8, 4) is 0 Å². The molecule has 2 amide bonds. The van der Waals surface area contributed by atoms with Gasteiger partial charge in [-0.15, -0.1) is 0 Å². The predicted octanol–water partition coefficient (Wildman–Crippen LogP) is 2.93. The molecule has 0 aromatic heterocycles. The summed E-state index contributed by atoms with van der Waals surface area (Å²) in [4.78, 5) is 32.9. The molecule has 2 fully saturated rings. The van der Waals surface area contributed by atoms with E-state index in [1.165, 1.54) is 5.69 Å². The lowest BCUT2D eigenvalue weighted by molar-refractivity contribution is -0.136. The Kier molecular flexibility index (Phi) is 5.40. The number of piperazine rings is 1. The van der Waals surface area contributed by atoms with Gasteiger partial charge in [0.2, 0.25) is 5.91 Å². The minimum absolute atomic E-state index is 0.0548. The number of fused-ring (bicyclic) bond motifs is 1. The van der Waals surface area contributed by atoms with Crippen LogP contribution in [-0.2, 0) is 16.1 Å². The molecule has 3 heterocycles. The topological polar surface area (TPSA) is 53.1 Å². The fraction of sp³-hybridized carbons (Fsp3) is 0.440. The number of hydrogen-bond donors (Lipinski definition) is 0. The van der Waals surface area contributed by atoms with Gasteiger partial charge in [0.15, 0.2) is 0 Å². The normalized spacial score (nSPS) is 20.6. The van der Waals surface area contributed by atoms with Crippen molar-refractivity contribution in [2.45, 2.75) is 31.3 Å². The quantitative estimate of drug-likeness (QED) is 0.765. The van der Waals surface area contributed by atoms with Crippen molar-refractivity contribution in [3.05, 3.63) is 65.7 Å². The third-order valence-electron chi connectivity index (χ3n) is 7.05. The minimum atomic E-state index is -0.456. The van der Waals surface area contributed by atoms with Crippen LogP contribution in [0.3, 0.4) is 0 Å². The standard InChI is InChI=1S/C25H29N3O3/c29-23(27-14-12-26(13-15-27)21-7-2-1-3-8-21)18-25(10-16-31-17-11-25)28-19-20-6-4-5-9-22(20)24(28)30/h1-9H,10-19H2. The van der Waals surface area contributed by atoms with E-state index in [9.17, 15) is 9.59 Å². The van der Waals surface area contributed by atoms with Crippen molar-refractivity contribution < 1.29 is 14.3 Å². The highest BCUT2D eigenvalue weighted by molar-refractivity contribution is 5.99. The largest absolute Gasteiger partial charge is 0.381 e. The second-order valence-corrected chi connectivity index (χ2v) is 8.77. The van der Waals surface area contributed by atoms with E-state index in [2.05, 4.69) is 17.0 Å². The van der Waals surface area contributed by atoms with Crippen molar-refractivity contribution in [2.24, 2.45) is 0 Å². The van der Waals surface area contributed by atoms with Gasteiger partial charge in [-0.05, 0) is 36.6 Å². The van der Waals surface area contributed by atoms with Crippen LogP contribution in [0.4, 0.5) is 5.69 Å². The molecular weight excluding hydrogens is 390 g/mol. The Morgan fingerprint density at radius 2 is 1.58 bits per heavy atom. The summed E-state index contributed by atoms with van der Waals surface area (Å²) in [5.74, 6) is 0.206. The van der Waals surface area contributed by atoms with E-state index in [4.69, 9.17) is 4.74 Å². The molecule has 0 aliphatic carbocycles. The second-order valence-electron chi connectivity index (χ2n) is 8.77. The molecule has 0 saturated carbocycles. The zero-order chi connectivity index (χ0) is 21.3. The number of para-hydroxylation sites is 1. The van der Waals surface area contributed by atoms with Crippen LogP contribution in [0.25, 0.3) is 0 Å². The van der Waals surface area contributed by atoms with E-state index in [1.807, 2.05) is 52.3 Å². The molecule has 0 atom stereocenters. The monoisotopic (exact) mass is 419 g/mol. The first kappa shape index (κ1) is 20.1. The average Bonchev–Trinajstić information content (AvgIpc) is 3.18. The fourth-order valence-corrected chi connectivity index (χ4v) is 5.18. The van der Waals surface area contributed by atoms with E-state index in [0.717, 1.165) is 24.2 Å². The molecule has 0 N–H and O–H groups in total. The van der Waals surface area contributed by atoms with Crippen LogP contribution in [0.5, 0.6) is 0 Å². The summed E-state index contributed by atoms with van der Waals surface area (Å²) in [6, 6.07) is 18.2. The molecule has 2 aromatic carbocycles. The molecule has 5 rings (SSSR count). The first-order valence-electron chi connectivity index (χ1n) is 11.2. The molecule has 0 bridgehead atoms. The highest BCUT2D eigenvalue weighted by atomic mass is 16.5. The highest BCUT2D eigenvalue weighted by Gasteiger charge is 2.46. The molecule has 6 heteroatoms. The van der Waals surface area contributed by atoms with Gasteiger partial charge >= 0.3 is 0 Å². The molecule has 6 nitrogen and oxygen atoms in total. The van der Waals surface area contributed by atoms with Crippen LogP contribution in [0.2, 0.25) is 0 Å². The molecule has 2 saturated heterocycles. The van der Waals surface area contributed by atoms with Gasteiger partial charge in [0.05, 0.1) is 12.0 Å². The Balaban J connectivity index is 1.29. The summed E-state index contributed by atoms with van der Waals surface area (Å²) < 4.78 is 5.62. The maximum Gasteiger partial charge on any atom is 0.254 e. The number of rotatable bonds is 4. The Hall–Kier alpha value is -2.86. The highest BCUT2D eigenvalue weighted by Crippen LogP contribution is 2.38. The number of benzene rings is 2. The van der Waals surface area contributed by atoms with Crippen LogP contribution in [0.15, 0.2) is 54.6 Å². The maximum atomic E-state index is 13.4. The van der Waals surface area contributed by atoms with Gasteiger partial charge in [-0.1, -0.05) is 36.4 Å². The molecule has 2 aromatic rings. The first-order valence-corrected chi connectivity index (χ1v) is 11.2. The molecule has 0 unspecified atom stereocenters. The summed E-state index contributed by atoms with van der Waals surface area (Å²) in [6.07, 6.45) is 1.80. The molecular formula is C25H29N3O3. The third kappa shape index (κ3) is 3.81. The average molecular weight is 420 g/mol. The van der Waals surface area contributed by atoms with Crippen LogP contribution < -0.4 is 4.90 Å². The Labute approximate surface area is 183 Å². The van der Waals surface area contributed by atoms with Crippen molar-refractivity contribution in [1.29, 1.82) is 0 Å². The van der Waals surface area contributed by atoms with E-state index in [-0.39, 0.29) is 11.8 Å². The lowest BCUT2D eigenvalue weighted by atomic mass is 9.84. The van der Waals surface area contributed by atoms with Gasteiger partial charge in [0.25, 0.3) is 5.91 Å². The molecule has 31 heavy (non-hydrogen) atoms. The molecule has 0 radical (unpaired) electrons. The molecule has 0 spiro atoms. The van der Waals surface area contributed by atoms with E-state index < -0.39 is 5.54 Å². The fourth-order valence-electron chi connectivity index (χ4n) is 5.18. The predicted molar refractivity (Wildman–Crippen MR) is 119 cm³/mol. The SMILES string of the molecule is O=C(CC1(N2Cc3ccccc3C2=O)CCOCC1)N1CCN(c2ccccc2)CC1. The maximum absolute atomic E-state index is 13.4.